The Labute approximate surface area is 208 Å². The van der Waals surface area contributed by atoms with Crippen LogP contribution in [-0.4, -0.2) is 44.3 Å². The topological polar surface area (TPSA) is 117 Å². The van der Waals surface area contributed by atoms with Crippen LogP contribution in [0.3, 0.4) is 0 Å². The van der Waals surface area contributed by atoms with Crippen molar-refractivity contribution >= 4 is 44.9 Å². The molecule has 2 aromatic rings. The first kappa shape index (κ1) is 24.8. The number of nitrogens with zero attached hydrogens (tertiary/aromatic N) is 1. The van der Waals surface area contributed by atoms with Crippen LogP contribution < -0.4 is 16.0 Å². The molecule has 0 atom stereocenters. The van der Waals surface area contributed by atoms with E-state index >= 15 is 0 Å². The molecule has 2 aromatic carbocycles. The third-order valence-electron chi connectivity index (χ3n) is 5.62. The quantitative estimate of drug-likeness (QED) is 0.501. The van der Waals surface area contributed by atoms with E-state index in [1.54, 1.807) is 25.1 Å². The first-order chi connectivity index (χ1) is 16.7. The number of fused-ring (bicyclic) bond motifs is 1. The first-order valence-corrected chi connectivity index (χ1v) is 12.9. The minimum absolute atomic E-state index is 0.00951. The van der Waals surface area contributed by atoms with Crippen molar-refractivity contribution in [1.82, 2.24) is 9.62 Å². The third kappa shape index (κ3) is 5.04. The second-order valence-corrected chi connectivity index (χ2v) is 10.3. The van der Waals surface area contributed by atoms with Crippen LogP contribution in [0.15, 0.2) is 71.0 Å². The predicted octanol–water partition coefficient (Wildman–Crippen LogP) is 3.68. The molecule has 2 heterocycles. The summed E-state index contributed by atoms with van der Waals surface area (Å²) in [6.07, 6.45) is 1.54. The maximum atomic E-state index is 13.2. The van der Waals surface area contributed by atoms with Gasteiger partial charge in [0, 0.05) is 24.4 Å². The molecule has 1 fully saturated rings. The molecule has 2 aliphatic rings. The molecule has 0 radical (unpaired) electrons. The smallest absolute Gasteiger partial charge is 0.343 e. The van der Waals surface area contributed by atoms with Crippen molar-refractivity contribution in [2.24, 2.45) is 0 Å². The van der Waals surface area contributed by atoms with Crippen LogP contribution in [0.2, 0.25) is 5.02 Å². The molecular formula is C24H25ClN4O5S. The number of anilines is 2. The molecular weight excluding hydrogens is 492 g/mol. The van der Waals surface area contributed by atoms with Gasteiger partial charge in [-0.2, -0.15) is 4.31 Å². The number of rotatable bonds is 6. The number of esters is 1. The number of ether oxygens (including phenoxy) is 1. The van der Waals surface area contributed by atoms with Crippen molar-refractivity contribution in [3.05, 3.63) is 76.7 Å². The van der Waals surface area contributed by atoms with E-state index in [2.05, 4.69) is 22.5 Å². The van der Waals surface area contributed by atoms with Gasteiger partial charge in [0.2, 0.25) is 10.0 Å². The van der Waals surface area contributed by atoms with Gasteiger partial charge in [0.1, 0.15) is 16.3 Å². The van der Waals surface area contributed by atoms with Gasteiger partial charge in [-0.1, -0.05) is 30.3 Å². The number of benzene rings is 2. The highest BCUT2D eigenvalue weighted by Crippen LogP contribution is 2.31. The van der Waals surface area contributed by atoms with E-state index in [9.17, 15) is 18.0 Å². The van der Waals surface area contributed by atoms with Crippen LogP contribution in [0, 0.1) is 0 Å². The molecule has 35 heavy (non-hydrogen) atoms. The van der Waals surface area contributed by atoms with Crippen LogP contribution in [0.5, 0.6) is 0 Å². The summed E-state index contributed by atoms with van der Waals surface area (Å²) >= 11 is 6.21. The number of amides is 1. The Balaban J connectivity index is 1.70. The Bertz CT molecular complexity index is 1330. The molecule has 2 aliphatic heterocycles. The predicted molar refractivity (Wildman–Crippen MR) is 133 cm³/mol. The number of nitrogens with one attached hydrogen (secondary N) is 3. The largest absolute Gasteiger partial charge is 0.462 e. The Kier molecular flexibility index (Phi) is 7.15. The fraction of sp³-hybridized carbons (Fsp3) is 0.250. The summed E-state index contributed by atoms with van der Waals surface area (Å²) in [5, 5.41) is 8.81. The van der Waals surface area contributed by atoms with Crippen molar-refractivity contribution in [3.8, 4) is 0 Å². The zero-order chi connectivity index (χ0) is 25.2. The van der Waals surface area contributed by atoms with Crippen LogP contribution in [0.25, 0.3) is 0 Å². The van der Waals surface area contributed by atoms with E-state index in [-0.39, 0.29) is 39.2 Å². The molecule has 1 saturated heterocycles. The van der Waals surface area contributed by atoms with Crippen LogP contribution in [0.1, 0.15) is 30.1 Å². The Morgan fingerprint density at radius 1 is 1.11 bits per heavy atom. The Hall–Kier alpha value is -3.34. The normalized spacial score (nSPS) is 16.1. The van der Waals surface area contributed by atoms with Crippen LogP contribution in [0.4, 0.5) is 11.4 Å². The lowest BCUT2D eigenvalue weighted by Crippen LogP contribution is -2.31. The summed E-state index contributed by atoms with van der Waals surface area (Å²) in [7, 11) is -3.85. The van der Waals surface area contributed by atoms with Crippen molar-refractivity contribution in [2.75, 3.05) is 30.3 Å². The van der Waals surface area contributed by atoms with Crippen LogP contribution >= 0.6 is 11.6 Å². The van der Waals surface area contributed by atoms with Crippen molar-refractivity contribution in [2.45, 2.75) is 24.7 Å². The number of carbonyl (C=O) groups is 2. The molecule has 1 amide bonds. The average Bonchev–Trinajstić information content (AvgIpc) is 3.32. The van der Waals surface area contributed by atoms with Gasteiger partial charge in [0.05, 0.1) is 23.0 Å². The summed E-state index contributed by atoms with van der Waals surface area (Å²) < 4.78 is 32.7. The number of halogens is 1. The molecule has 11 heteroatoms. The van der Waals surface area contributed by atoms with Crippen molar-refractivity contribution in [1.29, 1.82) is 0 Å². The highest BCUT2D eigenvalue weighted by atomic mass is 35.5. The molecule has 0 saturated carbocycles. The molecule has 9 nitrogen and oxygen atoms in total. The summed E-state index contributed by atoms with van der Waals surface area (Å²) in [5.74, 6) is -1.28. The number of hydrogen-bond donors (Lipinski definition) is 3. The van der Waals surface area contributed by atoms with Gasteiger partial charge >= 0.3 is 5.97 Å². The van der Waals surface area contributed by atoms with Gasteiger partial charge in [-0.05, 0) is 50.1 Å². The maximum Gasteiger partial charge on any atom is 0.343 e. The SMILES string of the molecule is C=C1Nc2ccccc2NC(NC(=O)c2ccc(Cl)c(S(=O)(=O)N3CCCC3)c2)=C1C(=O)OCC. The second kappa shape index (κ2) is 10.1. The highest BCUT2D eigenvalue weighted by molar-refractivity contribution is 7.89. The second-order valence-electron chi connectivity index (χ2n) is 7.96. The van der Waals surface area contributed by atoms with Gasteiger partial charge in [0.15, 0.2) is 0 Å². The number of carbonyl (C=O) groups excluding carboxylic acids is 2. The van der Waals surface area contributed by atoms with E-state index in [1.807, 2.05) is 6.07 Å². The Morgan fingerprint density at radius 3 is 2.43 bits per heavy atom. The lowest BCUT2D eigenvalue weighted by Gasteiger charge is -2.18. The Morgan fingerprint density at radius 2 is 1.77 bits per heavy atom. The molecule has 0 aromatic heterocycles. The van der Waals surface area contributed by atoms with E-state index in [0.29, 0.717) is 24.5 Å². The molecule has 0 unspecified atom stereocenters. The molecule has 0 bridgehead atoms. The summed E-state index contributed by atoms with van der Waals surface area (Å²) in [5.41, 5.74) is 1.53. The van der Waals surface area contributed by atoms with Crippen molar-refractivity contribution in [3.63, 3.8) is 0 Å². The zero-order valence-electron chi connectivity index (χ0n) is 19.1. The first-order valence-electron chi connectivity index (χ1n) is 11.1. The fourth-order valence-corrected chi connectivity index (χ4v) is 5.91. The summed E-state index contributed by atoms with van der Waals surface area (Å²) in [4.78, 5) is 25.8. The minimum atomic E-state index is -3.85. The monoisotopic (exact) mass is 516 g/mol. The lowest BCUT2D eigenvalue weighted by molar-refractivity contribution is -0.138. The van der Waals surface area contributed by atoms with E-state index in [1.165, 1.54) is 22.5 Å². The van der Waals surface area contributed by atoms with Crippen molar-refractivity contribution < 1.29 is 22.7 Å². The van der Waals surface area contributed by atoms with Gasteiger partial charge in [-0.25, -0.2) is 13.2 Å². The third-order valence-corrected chi connectivity index (χ3v) is 8.00. The summed E-state index contributed by atoms with van der Waals surface area (Å²) in [6, 6.07) is 11.2. The molecule has 0 spiro atoms. The number of sulfonamides is 1. The summed E-state index contributed by atoms with van der Waals surface area (Å²) in [6.45, 7) is 6.53. The molecule has 3 N–H and O–H groups in total. The number of hydrogen-bond acceptors (Lipinski definition) is 7. The van der Waals surface area contributed by atoms with Gasteiger partial charge in [-0.3, -0.25) is 4.79 Å². The molecule has 4 rings (SSSR count). The van der Waals surface area contributed by atoms with Gasteiger partial charge < -0.3 is 20.7 Å². The highest BCUT2D eigenvalue weighted by Gasteiger charge is 2.31. The zero-order valence-corrected chi connectivity index (χ0v) is 20.6. The average molecular weight is 517 g/mol. The fourth-order valence-electron chi connectivity index (χ4n) is 3.89. The lowest BCUT2D eigenvalue weighted by atomic mass is 10.1. The molecule has 184 valence electrons. The minimum Gasteiger partial charge on any atom is -0.462 e. The van der Waals surface area contributed by atoms with E-state index < -0.39 is 21.9 Å². The van der Waals surface area contributed by atoms with E-state index in [4.69, 9.17) is 16.3 Å². The van der Waals surface area contributed by atoms with Gasteiger partial charge in [-0.15, -0.1) is 0 Å². The standard InChI is InChI=1S/C24H25ClN4O5S/c1-3-34-24(31)21-15(2)26-18-8-4-5-9-19(18)27-22(21)28-23(30)16-10-11-17(25)20(14-16)35(32,33)29-12-6-7-13-29/h4-5,8-11,14,26-27H,2-3,6-7,12-13H2,1H3,(H,28,30). The van der Waals surface area contributed by atoms with E-state index in [0.717, 1.165) is 12.8 Å². The number of para-hydroxylation sites is 2. The molecule has 0 aliphatic carbocycles. The van der Waals surface area contributed by atoms with Crippen LogP contribution in [-0.2, 0) is 19.6 Å². The maximum absolute atomic E-state index is 13.2. The van der Waals surface area contributed by atoms with Gasteiger partial charge in [0.25, 0.3) is 5.91 Å².